The minimum absolute atomic E-state index is 0.290. The lowest BCUT2D eigenvalue weighted by Gasteiger charge is -2.34. The second-order valence-corrected chi connectivity index (χ2v) is 5.54. The highest BCUT2D eigenvalue weighted by molar-refractivity contribution is 5.38. The van der Waals surface area contributed by atoms with Gasteiger partial charge in [0.2, 0.25) is 0 Å². The van der Waals surface area contributed by atoms with Gasteiger partial charge in [-0.3, -0.25) is 0 Å². The number of hydrogen-bond donors (Lipinski definition) is 0. The van der Waals surface area contributed by atoms with E-state index in [2.05, 4.69) is 74.5 Å². The van der Waals surface area contributed by atoms with Crippen LogP contribution >= 0.6 is 0 Å². The first kappa shape index (κ1) is 12.4. The normalized spacial score (nSPS) is 25.4. The first-order chi connectivity index (χ1) is 9.25. The Bertz CT molecular complexity index is 493. The van der Waals surface area contributed by atoms with Gasteiger partial charge in [-0.15, -0.1) is 0 Å². The highest BCUT2D eigenvalue weighted by Crippen LogP contribution is 2.48. The summed E-state index contributed by atoms with van der Waals surface area (Å²) in [4.78, 5) is 0. The molecule has 0 bridgehead atoms. The topological polar surface area (TPSA) is 9.23 Å². The molecule has 1 fully saturated rings. The minimum atomic E-state index is -0.290. The van der Waals surface area contributed by atoms with E-state index in [9.17, 15) is 0 Å². The highest BCUT2D eigenvalue weighted by atomic mass is 16.5. The van der Waals surface area contributed by atoms with E-state index in [0.29, 0.717) is 11.8 Å². The molecule has 1 saturated heterocycles. The Morgan fingerprint density at radius 2 is 1.32 bits per heavy atom. The van der Waals surface area contributed by atoms with Crippen molar-refractivity contribution in [1.82, 2.24) is 0 Å². The van der Waals surface area contributed by atoms with Gasteiger partial charge >= 0.3 is 0 Å². The summed E-state index contributed by atoms with van der Waals surface area (Å²) in [6, 6.07) is 21.2. The second kappa shape index (κ2) is 4.82. The van der Waals surface area contributed by atoms with E-state index in [0.717, 1.165) is 6.61 Å². The van der Waals surface area contributed by atoms with Crippen molar-refractivity contribution >= 4 is 0 Å². The molecule has 2 aromatic rings. The quantitative estimate of drug-likeness (QED) is 0.777. The SMILES string of the molecule is C[C@@H]1[C@@H](C)COC1(c1ccccc1)c1ccccc1. The number of ether oxygens (including phenoxy) is 1. The molecule has 0 aliphatic carbocycles. The van der Waals surface area contributed by atoms with Crippen molar-refractivity contribution in [2.45, 2.75) is 19.4 Å². The molecule has 2 atom stereocenters. The fourth-order valence-corrected chi connectivity index (χ4v) is 3.17. The van der Waals surface area contributed by atoms with Gasteiger partial charge in [-0.1, -0.05) is 74.5 Å². The van der Waals surface area contributed by atoms with Crippen molar-refractivity contribution in [3.63, 3.8) is 0 Å². The van der Waals surface area contributed by atoms with Crippen molar-refractivity contribution in [3.8, 4) is 0 Å². The predicted octanol–water partition coefficient (Wildman–Crippen LogP) is 4.23. The van der Waals surface area contributed by atoms with Crippen LogP contribution in [0.5, 0.6) is 0 Å². The van der Waals surface area contributed by atoms with Gasteiger partial charge in [0.05, 0.1) is 6.61 Å². The van der Waals surface area contributed by atoms with Gasteiger partial charge in [-0.25, -0.2) is 0 Å². The van der Waals surface area contributed by atoms with Gasteiger partial charge in [-0.2, -0.15) is 0 Å². The van der Waals surface area contributed by atoms with Crippen LogP contribution in [-0.2, 0) is 10.3 Å². The molecule has 0 aromatic heterocycles. The van der Waals surface area contributed by atoms with Crippen molar-refractivity contribution in [1.29, 1.82) is 0 Å². The van der Waals surface area contributed by atoms with Crippen LogP contribution in [0.4, 0.5) is 0 Å². The summed E-state index contributed by atoms with van der Waals surface area (Å²) in [5, 5.41) is 0. The molecule has 1 aliphatic heterocycles. The summed E-state index contributed by atoms with van der Waals surface area (Å²) in [5.74, 6) is 1.04. The first-order valence-corrected chi connectivity index (χ1v) is 7.00. The van der Waals surface area contributed by atoms with Crippen molar-refractivity contribution in [2.24, 2.45) is 11.8 Å². The maximum atomic E-state index is 6.34. The number of benzene rings is 2. The molecule has 0 saturated carbocycles. The van der Waals surface area contributed by atoms with Crippen molar-refractivity contribution < 1.29 is 4.74 Å². The van der Waals surface area contributed by atoms with Crippen LogP contribution in [0.3, 0.4) is 0 Å². The van der Waals surface area contributed by atoms with Gasteiger partial charge in [0.15, 0.2) is 0 Å². The average molecular weight is 252 g/mol. The summed E-state index contributed by atoms with van der Waals surface area (Å²) in [5.41, 5.74) is 2.23. The number of hydrogen-bond acceptors (Lipinski definition) is 1. The molecule has 0 radical (unpaired) electrons. The Hall–Kier alpha value is -1.60. The molecule has 0 N–H and O–H groups in total. The minimum Gasteiger partial charge on any atom is -0.365 e. The van der Waals surface area contributed by atoms with Crippen LogP contribution in [-0.4, -0.2) is 6.61 Å². The molecule has 2 aromatic carbocycles. The Morgan fingerprint density at radius 3 is 1.68 bits per heavy atom. The van der Waals surface area contributed by atoms with Crippen LogP contribution < -0.4 is 0 Å². The molecule has 19 heavy (non-hydrogen) atoms. The summed E-state index contributed by atoms with van der Waals surface area (Å²) >= 11 is 0. The fraction of sp³-hybridized carbons (Fsp3) is 0.333. The molecule has 98 valence electrons. The van der Waals surface area contributed by atoms with Gasteiger partial charge < -0.3 is 4.74 Å². The standard InChI is InChI=1S/C18H20O/c1-14-13-19-18(15(14)2,16-9-5-3-6-10-16)17-11-7-4-8-12-17/h3-12,14-15H,13H2,1-2H3/t14-,15+/m0/s1. The van der Waals surface area contributed by atoms with E-state index in [1.54, 1.807) is 0 Å². The molecule has 3 rings (SSSR count). The lowest BCUT2D eigenvalue weighted by molar-refractivity contribution is 0.0141. The maximum Gasteiger partial charge on any atom is 0.121 e. The summed E-state index contributed by atoms with van der Waals surface area (Å²) in [7, 11) is 0. The number of rotatable bonds is 2. The third-order valence-electron chi connectivity index (χ3n) is 4.47. The smallest absolute Gasteiger partial charge is 0.121 e. The van der Waals surface area contributed by atoms with E-state index in [1.165, 1.54) is 11.1 Å². The molecule has 1 heteroatoms. The van der Waals surface area contributed by atoms with Crippen molar-refractivity contribution in [3.05, 3.63) is 71.8 Å². The third-order valence-corrected chi connectivity index (χ3v) is 4.47. The lowest BCUT2D eigenvalue weighted by atomic mass is 9.74. The molecule has 1 nitrogen and oxygen atoms in total. The zero-order chi connectivity index (χ0) is 13.3. The van der Waals surface area contributed by atoms with Crippen LogP contribution in [0.25, 0.3) is 0 Å². The molecule has 1 aliphatic rings. The van der Waals surface area contributed by atoms with E-state index in [1.807, 2.05) is 0 Å². The first-order valence-electron chi connectivity index (χ1n) is 7.00. The van der Waals surface area contributed by atoms with E-state index in [-0.39, 0.29) is 5.60 Å². The Labute approximate surface area is 115 Å². The highest BCUT2D eigenvalue weighted by Gasteiger charge is 2.48. The Morgan fingerprint density at radius 1 is 0.842 bits per heavy atom. The fourth-order valence-electron chi connectivity index (χ4n) is 3.17. The average Bonchev–Trinajstić information content (AvgIpc) is 2.78. The maximum absolute atomic E-state index is 6.34. The largest absolute Gasteiger partial charge is 0.365 e. The molecule has 0 amide bonds. The Balaban J connectivity index is 2.18. The second-order valence-electron chi connectivity index (χ2n) is 5.54. The molecule has 1 heterocycles. The Kier molecular flexibility index (Phi) is 3.16. The zero-order valence-electron chi connectivity index (χ0n) is 11.5. The summed E-state index contributed by atoms with van der Waals surface area (Å²) in [6.45, 7) is 5.40. The molecular formula is C18H20O. The monoisotopic (exact) mass is 252 g/mol. The van der Waals surface area contributed by atoms with Gasteiger partial charge in [0, 0.05) is 0 Å². The van der Waals surface area contributed by atoms with Crippen molar-refractivity contribution in [2.75, 3.05) is 6.61 Å². The lowest BCUT2D eigenvalue weighted by Crippen LogP contribution is -2.33. The van der Waals surface area contributed by atoms with E-state index < -0.39 is 0 Å². The predicted molar refractivity (Wildman–Crippen MR) is 77.9 cm³/mol. The van der Waals surface area contributed by atoms with Crippen LogP contribution in [0.15, 0.2) is 60.7 Å². The summed E-state index contributed by atoms with van der Waals surface area (Å²) < 4.78 is 6.34. The van der Waals surface area contributed by atoms with Crippen LogP contribution in [0.1, 0.15) is 25.0 Å². The third kappa shape index (κ3) is 1.89. The van der Waals surface area contributed by atoms with Crippen LogP contribution in [0, 0.1) is 11.8 Å². The van der Waals surface area contributed by atoms with Gasteiger partial charge in [0.25, 0.3) is 0 Å². The zero-order valence-corrected chi connectivity index (χ0v) is 11.5. The molecule has 0 unspecified atom stereocenters. The molecular weight excluding hydrogens is 232 g/mol. The van der Waals surface area contributed by atoms with Crippen LogP contribution in [0.2, 0.25) is 0 Å². The molecule has 0 spiro atoms. The van der Waals surface area contributed by atoms with E-state index >= 15 is 0 Å². The summed E-state index contributed by atoms with van der Waals surface area (Å²) in [6.07, 6.45) is 0. The van der Waals surface area contributed by atoms with Gasteiger partial charge in [-0.05, 0) is 23.0 Å². The van der Waals surface area contributed by atoms with Gasteiger partial charge in [0.1, 0.15) is 5.60 Å². The van der Waals surface area contributed by atoms with E-state index in [4.69, 9.17) is 4.74 Å².